The van der Waals surface area contributed by atoms with Crippen LogP contribution >= 0.6 is 11.6 Å². The highest BCUT2D eigenvalue weighted by molar-refractivity contribution is 7.89. The van der Waals surface area contributed by atoms with Crippen LogP contribution in [0.4, 0.5) is 0 Å². The Bertz CT molecular complexity index is 834. The minimum absolute atomic E-state index is 0.159. The first-order valence-corrected chi connectivity index (χ1v) is 9.76. The molecule has 0 bridgehead atoms. The first-order valence-electron chi connectivity index (χ1n) is 7.83. The van der Waals surface area contributed by atoms with Crippen LogP contribution in [-0.2, 0) is 16.4 Å². The van der Waals surface area contributed by atoms with Gasteiger partial charge in [0.05, 0.1) is 12.0 Å². The van der Waals surface area contributed by atoms with Crippen LogP contribution < -0.4 is 9.88 Å². The van der Waals surface area contributed by atoms with Crippen molar-refractivity contribution in [2.45, 2.75) is 30.1 Å². The molecule has 0 aliphatic heterocycles. The maximum atomic E-state index is 11.3. The number of ether oxygens (including phenoxy) is 1. The molecule has 0 amide bonds. The fourth-order valence-electron chi connectivity index (χ4n) is 3.16. The number of hydrogen-bond acceptors (Lipinski definition) is 3. The SMILES string of the molecule is COc1ccc(Cl)cc1CC[C@H]1C[C@@H]1c1ccc(S(N)(=O)=O)cc1. The molecular weight excluding hydrogens is 346 g/mol. The first kappa shape index (κ1) is 17.3. The number of methoxy groups -OCH3 is 1. The van der Waals surface area contributed by atoms with E-state index in [1.54, 1.807) is 19.2 Å². The van der Waals surface area contributed by atoms with Gasteiger partial charge in [0.15, 0.2) is 0 Å². The Labute approximate surface area is 147 Å². The summed E-state index contributed by atoms with van der Waals surface area (Å²) in [5.41, 5.74) is 2.30. The van der Waals surface area contributed by atoms with E-state index in [4.69, 9.17) is 21.5 Å². The second-order valence-corrected chi connectivity index (χ2v) is 8.21. The van der Waals surface area contributed by atoms with Gasteiger partial charge < -0.3 is 4.74 Å². The Kier molecular flexibility index (Phi) is 4.85. The van der Waals surface area contributed by atoms with E-state index in [1.165, 1.54) is 5.56 Å². The lowest BCUT2D eigenvalue weighted by molar-refractivity contribution is 0.408. The number of aryl methyl sites for hydroxylation is 1. The Morgan fingerprint density at radius 2 is 1.92 bits per heavy atom. The Morgan fingerprint density at radius 3 is 2.54 bits per heavy atom. The van der Waals surface area contributed by atoms with Crippen LogP contribution in [0, 0.1) is 5.92 Å². The number of nitrogens with two attached hydrogens (primary N) is 1. The molecule has 0 heterocycles. The van der Waals surface area contributed by atoms with Gasteiger partial charge in [0.25, 0.3) is 0 Å². The zero-order valence-electron chi connectivity index (χ0n) is 13.4. The second-order valence-electron chi connectivity index (χ2n) is 6.21. The molecule has 24 heavy (non-hydrogen) atoms. The molecule has 2 N–H and O–H groups in total. The maximum absolute atomic E-state index is 11.3. The van der Waals surface area contributed by atoms with Gasteiger partial charge in [0.1, 0.15) is 5.75 Å². The highest BCUT2D eigenvalue weighted by Gasteiger charge is 2.37. The predicted octanol–water partition coefficient (Wildman–Crippen LogP) is 3.73. The van der Waals surface area contributed by atoms with Crippen LogP contribution in [0.5, 0.6) is 5.75 Å². The summed E-state index contributed by atoms with van der Waals surface area (Å²) in [4.78, 5) is 0.159. The molecule has 0 aromatic heterocycles. The minimum atomic E-state index is -3.62. The molecule has 3 rings (SSSR count). The number of halogens is 1. The average molecular weight is 366 g/mol. The van der Waals surface area contributed by atoms with Crippen molar-refractivity contribution in [1.29, 1.82) is 0 Å². The summed E-state index contributed by atoms with van der Waals surface area (Å²) in [5.74, 6) is 1.97. The largest absolute Gasteiger partial charge is 0.496 e. The highest BCUT2D eigenvalue weighted by Crippen LogP contribution is 2.50. The molecule has 0 spiro atoms. The molecular formula is C18H20ClNO3S. The molecule has 2 aromatic carbocycles. The fraction of sp³-hybridized carbons (Fsp3) is 0.333. The van der Waals surface area contributed by atoms with E-state index in [9.17, 15) is 8.42 Å². The average Bonchev–Trinajstić information content (AvgIpc) is 3.32. The zero-order valence-corrected chi connectivity index (χ0v) is 15.0. The molecule has 1 aliphatic rings. The van der Waals surface area contributed by atoms with E-state index in [-0.39, 0.29) is 4.90 Å². The first-order chi connectivity index (χ1) is 11.4. The van der Waals surface area contributed by atoms with Gasteiger partial charge in [-0.3, -0.25) is 0 Å². The summed E-state index contributed by atoms with van der Waals surface area (Å²) in [6.07, 6.45) is 3.09. The molecule has 4 nitrogen and oxygen atoms in total. The summed E-state index contributed by atoms with van der Waals surface area (Å²) in [5, 5.41) is 5.85. The van der Waals surface area contributed by atoms with Crippen molar-refractivity contribution < 1.29 is 13.2 Å². The van der Waals surface area contributed by atoms with E-state index in [0.717, 1.165) is 35.6 Å². The molecule has 2 atom stereocenters. The van der Waals surface area contributed by atoms with Gasteiger partial charge in [-0.05, 0) is 72.6 Å². The van der Waals surface area contributed by atoms with Crippen molar-refractivity contribution in [2.75, 3.05) is 7.11 Å². The quantitative estimate of drug-likeness (QED) is 0.847. The summed E-state index contributed by atoms with van der Waals surface area (Å²) in [6.45, 7) is 0. The van der Waals surface area contributed by atoms with E-state index < -0.39 is 10.0 Å². The number of sulfonamides is 1. The van der Waals surface area contributed by atoms with Gasteiger partial charge >= 0.3 is 0 Å². The predicted molar refractivity (Wildman–Crippen MR) is 95.0 cm³/mol. The van der Waals surface area contributed by atoms with Crippen LogP contribution in [0.3, 0.4) is 0 Å². The smallest absolute Gasteiger partial charge is 0.238 e. The monoisotopic (exact) mass is 365 g/mol. The van der Waals surface area contributed by atoms with Crippen molar-refractivity contribution in [3.63, 3.8) is 0 Å². The van der Waals surface area contributed by atoms with Gasteiger partial charge in [0, 0.05) is 5.02 Å². The standard InChI is InChI=1S/C18H20ClNO3S/c1-23-18-9-6-15(19)10-14(18)3-2-13-11-17(13)12-4-7-16(8-5-12)24(20,21)22/h4-10,13,17H,2-3,11H2,1H3,(H2,20,21,22)/t13-,17+/m0/s1. The Hall–Kier alpha value is -1.56. The number of primary sulfonamides is 1. The molecule has 6 heteroatoms. The lowest BCUT2D eigenvalue weighted by Gasteiger charge is -2.09. The van der Waals surface area contributed by atoms with Crippen molar-refractivity contribution in [1.82, 2.24) is 0 Å². The van der Waals surface area contributed by atoms with Crippen LogP contribution in [0.15, 0.2) is 47.4 Å². The van der Waals surface area contributed by atoms with Crippen molar-refractivity contribution >= 4 is 21.6 Å². The molecule has 0 unspecified atom stereocenters. The normalized spacial score (nSPS) is 20.0. The second kappa shape index (κ2) is 6.75. The van der Waals surface area contributed by atoms with Gasteiger partial charge in [-0.15, -0.1) is 0 Å². The summed E-state index contributed by atoms with van der Waals surface area (Å²) < 4.78 is 28.0. The van der Waals surface area contributed by atoms with Gasteiger partial charge in [0.2, 0.25) is 10.0 Å². The number of hydrogen-bond donors (Lipinski definition) is 1. The summed E-state index contributed by atoms with van der Waals surface area (Å²) >= 11 is 6.07. The zero-order chi connectivity index (χ0) is 17.3. The molecule has 1 saturated carbocycles. The van der Waals surface area contributed by atoms with Crippen molar-refractivity contribution in [2.24, 2.45) is 11.1 Å². The third kappa shape index (κ3) is 3.91. The highest BCUT2D eigenvalue weighted by atomic mass is 35.5. The molecule has 1 aliphatic carbocycles. The minimum Gasteiger partial charge on any atom is -0.496 e. The maximum Gasteiger partial charge on any atom is 0.238 e. The number of rotatable bonds is 6. The van der Waals surface area contributed by atoms with E-state index >= 15 is 0 Å². The third-order valence-electron chi connectivity index (χ3n) is 4.59. The lowest BCUT2D eigenvalue weighted by Crippen LogP contribution is -2.11. The molecule has 1 fully saturated rings. The topological polar surface area (TPSA) is 69.4 Å². The molecule has 2 aromatic rings. The summed E-state index contributed by atoms with van der Waals surface area (Å²) in [6, 6.07) is 12.6. The van der Waals surface area contributed by atoms with Crippen molar-refractivity contribution in [3.05, 3.63) is 58.6 Å². The Morgan fingerprint density at radius 1 is 1.21 bits per heavy atom. The summed E-state index contributed by atoms with van der Waals surface area (Å²) in [7, 11) is -1.96. The van der Waals surface area contributed by atoms with Crippen LogP contribution in [0.1, 0.15) is 29.9 Å². The molecule has 128 valence electrons. The third-order valence-corrected chi connectivity index (χ3v) is 5.75. The van der Waals surface area contributed by atoms with E-state index in [1.807, 2.05) is 30.3 Å². The molecule has 0 radical (unpaired) electrons. The van der Waals surface area contributed by atoms with Gasteiger partial charge in [-0.1, -0.05) is 23.7 Å². The van der Waals surface area contributed by atoms with Crippen LogP contribution in [-0.4, -0.2) is 15.5 Å². The number of benzene rings is 2. The van der Waals surface area contributed by atoms with E-state index in [0.29, 0.717) is 11.8 Å². The van der Waals surface area contributed by atoms with Crippen molar-refractivity contribution in [3.8, 4) is 5.75 Å². The Balaban J connectivity index is 1.61. The lowest BCUT2D eigenvalue weighted by atomic mass is 10.0. The van der Waals surface area contributed by atoms with E-state index in [2.05, 4.69) is 0 Å². The fourth-order valence-corrected chi connectivity index (χ4v) is 3.87. The molecule has 0 saturated heterocycles. The van der Waals surface area contributed by atoms with Gasteiger partial charge in [-0.2, -0.15) is 0 Å². The van der Waals surface area contributed by atoms with Crippen LogP contribution in [0.2, 0.25) is 5.02 Å². The van der Waals surface area contributed by atoms with Gasteiger partial charge in [-0.25, -0.2) is 13.6 Å². The van der Waals surface area contributed by atoms with Crippen LogP contribution in [0.25, 0.3) is 0 Å².